The molecular formula is C11H9NO3S. The molecule has 0 saturated carbocycles. The predicted octanol–water partition coefficient (Wildman–Crippen LogP) is 2.30. The second-order valence-electron chi connectivity index (χ2n) is 3.12. The number of esters is 1. The zero-order valence-electron chi connectivity index (χ0n) is 8.51. The van der Waals surface area contributed by atoms with E-state index < -0.39 is 0 Å². The van der Waals surface area contributed by atoms with E-state index in [0.29, 0.717) is 4.88 Å². The van der Waals surface area contributed by atoms with Crippen molar-refractivity contribution in [1.29, 1.82) is 0 Å². The molecule has 2 heterocycles. The molecule has 0 atom stereocenters. The van der Waals surface area contributed by atoms with Gasteiger partial charge in [0.1, 0.15) is 10.6 Å². The van der Waals surface area contributed by atoms with Crippen molar-refractivity contribution < 1.29 is 14.6 Å². The van der Waals surface area contributed by atoms with Gasteiger partial charge < -0.3 is 9.84 Å². The van der Waals surface area contributed by atoms with Crippen molar-refractivity contribution in [2.24, 2.45) is 0 Å². The normalized spacial score (nSPS) is 10.1. The van der Waals surface area contributed by atoms with Crippen molar-refractivity contribution >= 4 is 17.3 Å². The maximum absolute atomic E-state index is 11.2. The molecule has 4 nitrogen and oxygen atoms in total. The third-order valence-electron chi connectivity index (χ3n) is 2.04. The number of carbonyl (C=O) groups is 1. The number of thiophene rings is 1. The molecule has 0 aliphatic rings. The largest absolute Gasteiger partial charge is 0.506 e. The van der Waals surface area contributed by atoms with Gasteiger partial charge in [-0.3, -0.25) is 4.98 Å². The molecule has 2 aromatic heterocycles. The van der Waals surface area contributed by atoms with Gasteiger partial charge >= 0.3 is 5.97 Å². The van der Waals surface area contributed by atoms with Gasteiger partial charge in [0.2, 0.25) is 0 Å². The summed E-state index contributed by atoms with van der Waals surface area (Å²) in [5, 5.41) is 11.1. The molecule has 0 fully saturated rings. The average Bonchev–Trinajstić information content (AvgIpc) is 2.77. The van der Waals surface area contributed by atoms with Crippen LogP contribution >= 0.6 is 11.3 Å². The van der Waals surface area contributed by atoms with Crippen LogP contribution in [-0.4, -0.2) is 23.2 Å². The summed E-state index contributed by atoms with van der Waals surface area (Å²) in [5.41, 5.74) is 1.61. The predicted molar refractivity (Wildman–Crippen MR) is 60.6 cm³/mol. The van der Waals surface area contributed by atoms with E-state index in [1.807, 2.05) is 5.38 Å². The van der Waals surface area contributed by atoms with E-state index in [1.165, 1.54) is 24.6 Å². The molecular weight excluding hydrogens is 226 g/mol. The summed E-state index contributed by atoms with van der Waals surface area (Å²) in [6.45, 7) is 0. The molecule has 5 heteroatoms. The van der Waals surface area contributed by atoms with Crippen LogP contribution in [0.4, 0.5) is 0 Å². The monoisotopic (exact) mass is 235 g/mol. The molecule has 2 rings (SSSR count). The van der Waals surface area contributed by atoms with E-state index in [-0.39, 0.29) is 11.7 Å². The van der Waals surface area contributed by atoms with Gasteiger partial charge in [-0.05, 0) is 23.1 Å². The van der Waals surface area contributed by atoms with Gasteiger partial charge in [0, 0.05) is 11.8 Å². The summed E-state index contributed by atoms with van der Waals surface area (Å²) in [6.07, 6.45) is 2.99. The number of aromatic hydroxyl groups is 1. The van der Waals surface area contributed by atoms with Gasteiger partial charge in [0.05, 0.1) is 13.3 Å². The molecule has 0 spiro atoms. The van der Waals surface area contributed by atoms with Crippen LogP contribution < -0.4 is 0 Å². The number of methoxy groups -OCH3 is 1. The average molecular weight is 235 g/mol. The first-order chi connectivity index (χ1) is 7.70. The minimum Gasteiger partial charge on any atom is -0.506 e. The second kappa shape index (κ2) is 4.32. The minimum atomic E-state index is -0.357. The van der Waals surface area contributed by atoms with Crippen molar-refractivity contribution in [1.82, 2.24) is 4.98 Å². The van der Waals surface area contributed by atoms with Gasteiger partial charge in [0.15, 0.2) is 0 Å². The molecule has 16 heavy (non-hydrogen) atoms. The maximum Gasteiger partial charge on any atom is 0.348 e. The van der Waals surface area contributed by atoms with Crippen LogP contribution in [0.2, 0.25) is 0 Å². The fourth-order valence-corrected chi connectivity index (χ4v) is 2.11. The van der Waals surface area contributed by atoms with Crippen LogP contribution in [0.15, 0.2) is 29.9 Å². The van der Waals surface area contributed by atoms with Crippen LogP contribution in [0.25, 0.3) is 11.1 Å². The molecule has 1 N–H and O–H groups in total. The Balaban J connectivity index is 2.35. The molecule has 0 aliphatic heterocycles. The summed E-state index contributed by atoms with van der Waals surface area (Å²) in [4.78, 5) is 15.7. The Morgan fingerprint density at radius 3 is 2.88 bits per heavy atom. The quantitative estimate of drug-likeness (QED) is 0.811. The molecule has 0 unspecified atom stereocenters. The summed E-state index contributed by atoms with van der Waals surface area (Å²) in [6, 6.07) is 3.31. The van der Waals surface area contributed by atoms with E-state index in [0.717, 1.165) is 11.1 Å². The number of pyridine rings is 1. The highest BCUT2D eigenvalue weighted by Crippen LogP contribution is 2.27. The third kappa shape index (κ3) is 2.04. The number of carbonyl (C=O) groups excluding carboxylic acids is 1. The van der Waals surface area contributed by atoms with Crippen molar-refractivity contribution in [2.75, 3.05) is 7.11 Å². The summed E-state index contributed by atoms with van der Waals surface area (Å²) >= 11 is 1.30. The van der Waals surface area contributed by atoms with E-state index in [1.54, 1.807) is 18.3 Å². The first-order valence-electron chi connectivity index (χ1n) is 4.52. The van der Waals surface area contributed by atoms with Crippen molar-refractivity contribution in [3.05, 3.63) is 34.8 Å². The van der Waals surface area contributed by atoms with Gasteiger partial charge in [-0.25, -0.2) is 4.79 Å². The van der Waals surface area contributed by atoms with Crippen molar-refractivity contribution in [2.45, 2.75) is 0 Å². The molecule has 2 aromatic rings. The number of aromatic nitrogens is 1. The maximum atomic E-state index is 11.2. The second-order valence-corrected chi connectivity index (χ2v) is 4.03. The number of ether oxygens (including phenoxy) is 1. The molecule has 0 aliphatic carbocycles. The van der Waals surface area contributed by atoms with Gasteiger partial charge in [-0.15, -0.1) is 11.3 Å². The van der Waals surface area contributed by atoms with E-state index in [2.05, 4.69) is 9.72 Å². The Kier molecular flexibility index (Phi) is 2.87. The Bertz CT molecular complexity index is 521. The lowest BCUT2D eigenvalue weighted by Gasteiger charge is -1.97. The molecule has 0 aromatic carbocycles. The van der Waals surface area contributed by atoms with Crippen LogP contribution in [0.5, 0.6) is 5.75 Å². The third-order valence-corrected chi connectivity index (χ3v) is 2.95. The molecule has 0 radical (unpaired) electrons. The van der Waals surface area contributed by atoms with E-state index >= 15 is 0 Å². The van der Waals surface area contributed by atoms with Crippen LogP contribution in [-0.2, 0) is 4.74 Å². The highest BCUT2D eigenvalue weighted by atomic mass is 32.1. The van der Waals surface area contributed by atoms with Gasteiger partial charge in [-0.1, -0.05) is 0 Å². The number of nitrogens with zero attached hydrogens (tertiary/aromatic N) is 1. The van der Waals surface area contributed by atoms with Crippen LogP contribution in [0.3, 0.4) is 0 Å². The number of hydrogen-bond acceptors (Lipinski definition) is 5. The molecule has 0 bridgehead atoms. The smallest absolute Gasteiger partial charge is 0.348 e. The number of hydrogen-bond donors (Lipinski definition) is 1. The Morgan fingerprint density at radius 1 is 1.38 bits per heavy atom. The fraction of sp³-hybridized carbons (Fsp3) is 0.0909. The lowest BCUT2D eigenvalue weighted by atomic mass is 10.1. The van der Waals surface area contributed by atoms with E-state index in [9.17, 15) is 9.90 Å². The van der Waals surface area contributed by atoms with Gasteiger partial charge in [-0.2, -0.15) is 0 Å². The molecule has 82 valence electrons. The zero-order chi connectivity index (χ0) is 11.5. The first-order valence-corrected chi connectivity index (χ1v) is 5.40. The zero-order valence-corrected chi connectivity index (χ0v) is 9.32. The molecule has 0 amide bonds. The minimum absolute atomic E-state index is 0.100. The first kappa shape index (κ1) is 10.6. The Hall–Kier alpha value is -1.88. The van der Waals surface area contributed by atoms with Crippen LogP contribution in [0.1, 0.15) is 9.67 Å². The Labute approximate surface area is 96.1 Å². The summed E-state index contributed by atoms with van der Waals surface area (Å²) in [7, 11) is 1.34. The lowest BCUT2D eigenvalue weighted by Crippen LogP contribution is -1.96. The van der Waals surface area contributed by atoms with E-state index in [4.69, 9.17) is 0 Å². The summed E-state index contributed by atoms with van der Waals surface area (Å²) < 4.78 is 4.62. The fourth-order valence-electron chi connectivity index (χ4n) is 1.28. The van der Waals surface area contributed by atoms with Crippen molar-refractivity contribution in [3.8, 4) is 16.9 Å². The Morgan fingerprint density at radius 2 is 2.19 bits per heavy atom. The standard InChI is InChI=1S/C11H9NO3S/c1-15-11(14)10-3-8(6-16-10)7-2-9(13)5-12-4-7/h2-6,13H,1H3. The van der Waals surface area contributed by atoms with Gasteiger partial charge in [0.25, 0.3) is 0 Å². The summed E-state index contributed by atoms with van der Waals surface area (Å²) in [5.74, 6) is -0.257. The van der Waals surface area contributed by atoms with Crippen molar-refractivity contribution in [3.63, 3.8) is 0 Å². The topological polar surface area (TPSA) is 59.4 Å². The SMILES string of the molecule is COC(=O)c1cc(-c2cncc(O)c2)cs1. The lowest BCUT2D eigenvalue weighted by molar-refractivity contribution is 0.0606. The highest BCUT2D eigenvalue weighted by Gasteiger charge is 2.10. The molecule has 0 saturated heterocycles. The number of rotatable bonds is 2. The van der Waals surface area contributed by atoms with Crippen LogP contribution in [0, 0.1) is 0 Å². The highest BCUT2D eigenvalue weighted by molar-refractivity contribution is 7.12.